The summed E-state index contributed by atoms with van der Waals surface area (Å²) in [5, 5.41) is 4.13. The SMILES string of the molecule is CC(C)NCc1ccc(CSCc2ccc(Cl)cc2)o1. The summed E-state index contributed by atoms with van der Waals surface area (Å²) in [5.74, 6) is 3.90. The Morgan fingerprint density at radius 3 is 2.45 bits per heavy atom. The van der Waals surface area contributed by atoms with Crippen molar-refractivity contribution < 1.29 is 4.42 Å². The highest BCUT2D eigenvalue weighted by Crippen LogP contribution is 2.20. The van der Waals surface area contributed by atoms with Gasteiger partial charge < -0.3 is 9.73 Å². The highest BCUT2D eigenvalue weighted by molar-refractivity contribution is 7.97. The fourth-order valence-electron chi connectivity index (χ4n) is 1.75. The van der Waals surface area contributed by atoms with Crippen molar-refractivity contribution in [1.82, 2.24) is 5.32 Å². The van der Waals surface area contributed by atoms with Gasteiger partial charge in [-0.2, -0.15) is 0 Å². The zero-order chi connectivity index (χ0) is 14.4. The van der Waals surface area contributed by atoms with Crippen LogP contribution < -0.4 is 5.32 Å². The number of furan rings is 1. The standard InChI is InChI=1S/C16H20ClNOS/c1-12(2)18-9-15-7-8-16(19-15)11-20-10-13-3-5-14(17)6-4-13/h3-8,12,18H,9-11H2,1-2H3. The molecule has 2 nitrogen and oxygen atoms in total. The highest BCUT2D eigenvalue weighted by atomic mass is 35.5. The monoisotopic (exact) mass is 309 g/mol. The number of benzene rings is 1. The van der Waals surface area contributed by atoms with Crippen LogP contribution in [0.5, 0.6) is 0 Å². The van der Waals surface area contributed by atoms with E-state index in [1.165, 1.54) is 5.56 Å². The second-order valence-electron chi connectivity index (χ2n) is 5.02. The molecule has 0 aliphatic heterocycles. The molecule has 0 amide bonds. The molecule has 0 atom stereocenters. The van der Waals surface area contributed by atoms with Crippen molar-refractivity contribution in [3.05, 3.63) is 58.5 Å². The summed E-state index contributed by atoms with van der Waals surface area (Å²) in [6, 6.07) is 12.6. The molecular weight excluding hydrogens is 290 g/mol. The van der Waals surface area contributed by atoms with Gasteiger partial charge in [0.15, 0.2) is 0 Å². The van der Waals surface area contributed by atoms with E-state index in [1.807, 2.05) is 30.0 Å². The lowest BCUT2D eigenvalue weighted by Crippen LogP contribution is -2.21. The molecule has 1 aromatic carbocycles. The fraction of sp³-hybridized carbons (Fsp3) is 0.375. The summed E-state index contributed by atoms with van der Waals surface area (Å²) in [5.41, 5.74) is 1.28. The number of hydrogen-bond donors (Lipinski definition) is 1. The average Bonchev–Trinajstić information content (AvgIpc) is 2.87. The van der Waals surface area contributed by atoms with Gasteiger partial charge in [-0.25, -0.2) is 0 Å². The molecule has 20 heavy (non-hydrogen) atoms. The van der Waals surface area contributed by atoms with Crippen LogP contribution >= 0.6 is 23.4 Å². The van der Waals surface area contributed by atoms with E-state index in [-0.39, 0.29) is 0 Å². The molecule has 0 saturated carbocycles. The molecule has 1 N–H and O–H groups in total. The first kappa shape index (κ1) is 15.5. The quantitative estimate of drug-likeness (QED) is 0.790. The Balaban J connectivity index is 1.75. The maximum atomic E-state index is 5.87. The number of thioether (sulfide) groups is 1. The van der Waals surface area contributed by atoms with Gasteiger partial charge in [0.05, 0.1) is 12.3 Å². The van der Waals surface area contributed by atoms with Gasteiger partial charge in [-0.05, 0) is 29.8 Å². The highest BCUT2D eigenvalue weighted by Gasteiger charge is 2.03. The first-order valence-electron chi connectivity index (χ1n) is 6.76. The molecule has 0 unspecified atom stereocenters. The lowest BCUT2D eigenvalue weighted by molar-refractivity contribution is 0.445. The third-order valence-electron chi connectivity index (χ3n) is 2.83. The molecule has 2 rings (SSSR count). The molecule has 0 saturated heterocycles. The minimum Gasteiger partial charge on any atom is -0.464 e. The van der Waals surface area contributed by atoms with Crippen LogP contribution in [0.1, 0.15) is 30.9 Å². The maximum Gasteiger partial charge on any atom is 0.118 e. The number of rotatable bonds is 7. The molecule has 108 valence electrons. The minimum absolute atomic E-state index is 0.475. The summed E-state index contributed by atoms with van der Waals surface area (Å²) in [6.07, 6.45) is 0. The Bertz CT molecular complexity index is 522. The van der Waals surface area contributed by atoms with Crippen LogP contribution in [-0.2, 0) is 18.1 Å². The van der Waals surface area contributed by atoms with Gasteiger partial charge in [0.1, 0.15) is 11.5 Å². The van der Waals surface area contributed by atoms with Crippen LogP contribution in [0.2, 0.25) is 5.02 Å². The fourth-order valence-corrected chi connectivity index (χ4v) is 2.76. The molecule has 0 aliphatic rings. The lowest BCUT2D eigenvalue weighted by Gasteiger charge is -2.05. The van der Waals surface area contributed by atoms with E-state index in [0.717, 1.165) is 34.6 Å². The summed E-state index contributed by atoms with van der Waals surface area (Å²) < 4.78 is 5.79. The Morgan fingerprint density at radius 2 is 1.75 bits per heavy atom. The van der Waals surface area contributed by atoms with Crippen LogP contribution in [0.4, 0.5) is 0 Å². The smallest absolute Gasteiger partial charge is 0.118 e. The Labute approximate surface area is 129 Å². The topological polar surface area (TPSA) is 25.2 Å². The van der Waals surface area contributed by atoms with Gasteiger partial charge in [0.2, 0.25) is 0 Å². The summed E-state index contributed by atoms with van der Waals surface area (Å²) in [7, 11) is 0. The van der Waals surface area contributed by atoms with Crippen molar-refractivity contribution in [3.8, 4) is 0 Å². The Morgan fingerprint density at radius 1 is 1.05 bits per heavy atom. The van der Waals surface area contributed by atoms with Crippen LogP contribution in [0.3, 0.4) is 0 Å². The molecule has 1 heterocycles. The van der Waals surface area contributed by atoms with Crippen molar-refractivity contribution in [2.45, 2.75) is 37.9 Å². The summed E-state index contributed by atoms with van der Waals surface area (Å²) in [4.78, 5) is 0. The van der Waals surface area contributed by atoms with E-state index in [9.17, 15) is 0 Å². The number of hydrogen-bond acceptors (Lipinski definition) is 3. The average molecular weight is 310 g/mol. The van der Waals surface area contributed by atoms with Crippen LogP contribution in [0.15, 0.2) is 40.8 Å². The van der Waals surface area contributed by atoms with Crippen molar-refractivity contribution in [2.24, 2.45) is 0 Å². The van der Waals surface area contributed by atoms with E-state index < -0.39 is 0 Å². The normalized spacial score (nSPS) is 11.2. The van der Waals surface area contributed by atoms with Crippen molar-refractivity contribution >= 4 is 23.4 Å². The number of halogens is 1. The zero-order valence-electron chi connectivity index (χ0n) is 11.9. The second-order valence-corrected chi connectivity index (χ2v) is 6.44. The van der Waals surface area contributed by atoms with Crippen LogP contribution in [0, 0.1) is 0 Å². The molecule has 0 fully saturated rings. The van der Waals surface area contributed by atoms with E-state index in [1.54, 1.807) is 0 Å². The number of nitrogens with one attached hydrogen (secondary N) is 1. The van der Waals surface area contributed by atoms with Crippen molar-refractivity contribution in [2.75, 3.05) is 0 Å². The maximum absolute atomic E-state index is 5.87. The Kier molecular flexibility index (Phi) is 6.02. The van der Waals surface area contributed by atoms with Crippen molar-refractivity contribution in [1.29, 1.82) is 0 Å². The molecule has 0 aliphatic carbocycles. The van der Waals surface area contributed by atoms with Crippen LogP contribution in [0.25, 0.3) is 0 Å². The molecule has 0 bridgehead atoms. The van der Waals surface area contributed by atoms with E-state index in [0.29, 0.717) is 6.04 Å². The van der Waals surface area contributed by atoms with E-state index >= 15 is 0 Å². The van der Waals surface area contributed by atoms with E-state index in [2.05, 4.69) is 37.4 Å². The van der Waals surface area contributed by atoms with Gasteiger partial charge in [-0.1, -0.05) is 37.6 Å². The van der Waals surface area contributed by atoms with Gasteiger partial charge in [0, 0.05) is 16.8 Å². The second kappa shape index (κ2) is 7.77. The molecule has 0 radical (unpaired) electrons. The first-order chi connectivity index (χ1) is 9.63. The molecule has 0 spiro atoms. The van der Waals surface area contributed by atoms with Gasteiger partial charge in [0.25, 0.3) is 0 Å². The van der Waals surface area contributed by atoms with Gasteiger partial charge in [-0.15, -0.1) is 11.8 Å². The zero-order valence-corrected chi connectivity index (χ0v) is 13.4. The molecule has 2 aromatic rings. The Hall–Kier alpha value is -0.900. The molecule has 1 aromatic heterocycles. The minimum atomic E-state index is 0.475. The van der Waals surface area contributed by atoms with E-state index in [4.69, 9.17) is 16.0 Å². The predicted molar refractivity (Wildman–Crippen MR) is 87.1 cm³/mol. The summed E-state index contributed by atoms with van der Waals surface area (Å²) >= 11 is 7.71. The molecule has 4 heteroatoms. The van der Waals surface area contributed by atoms with Gasteiger partial charge in [-0.3, -0.25) is 0 Å². The predicted octanol–water partition coefficient (Wildman–Crippen LogP) is 4.86. The first-order valence-corrected chi connectivity index (χ1v) is 8.30. The largest absolute Gasteiger partial charge is 0.464 e. The van der Waals surface area contributed by atoms with Crippen LogP contribution in [-0.4, -0.2) is 6.04 Å². The third kappa shape index (κ3) is 5.23. The summed E-state index contributed by atoms with van der Waals surface area (Å²) in [6.45, 7) is 5.05. The third-order valence-corrected chi connectivity index (χ3v) is 4.11. The lowest BCUT2D eigenvalue weighted by atomic mass is 10.2. The molecular formula is C16H20ClNOS. The van der Waals surface area contributed by atoms with Crippen molar-refractivity contribution in [3.63, 3.8) is 0 Å². The van der Waals surface area contributed by atoms with Gasteiger partial charge >= 0.3 is 0 Å².